The quantitative estimate of drug-likeness (QED) is 0.0228. The number of esters is 3. The molecule has 1 rings (SSSR count). The number of hydrogen-bond acceptors (Lipinski definition) is 11. The van der Waals surface area contributed by atoms with E-state index in [1.807, 2.05) is 0 Å². The molecule has 3 N–H and O–H groups in total. The lowest BCUT2D eigenvalue weighted by molar-refractivity contribution is -0.301. The number of carbonyl (C=O) groups is 4. The maximum absolute atomic E-state index is 13.1. The Morgan fingerprint density at radius 3 is 1.25 bits per heavy atom. The van der Waals surface area contributed by atoms with Gasteiger partial charge in [0.25, 0.3) is 0 Å². The molecular formula is C65H106O12. The van der Waals surface area contributed by atoms with Gasteiger partial charge in [0.1, 0.15) is 18.8 Å². The van der Waals surface area contributed by atoms with Crippen LogP contribution in [0.3, 0.4) is 0 Å². The highest BCUT2D eigenvalue weighted by Crippen LogP contribution is 2.26. The van der Waals surface area contributed by atoms with Crippen LogP contribution in [0.15, 0.2) is 97.2 Å². The van der Waals surface area contributed by atoms with Crippen LogP contribution in [0, 0.1) is 0 Å². The number of carboxylic acids is 1. The van der Waals surface area contributed by atoms with E-state index < -0.39 is 67.3 Å². The van der Waals surface area contributed by atoms with Gasteiger partial charge in [-0.15, -0.1) is 0 Å². The molecule has 0 saturated carbocycles. The molecule has 0 aromatic heterocycles. The van der Waals surface area contributed by atoms with E-state index in [1.54, 1.807) is 0 Å². The second kappa shape index (κ2) is 52.3. The predicted molar refractivity (Wildman–Crippen MR) is 312 cm³/mol. The molecule has 0 aliphatic carbocycles. The van der Waals surface area contributed by atoms with Gasteiger partial charge in [0.05, 0.1) is 6.61 Å². The Labute approximate surface area is 466 Å². The number of unbranched alkanes of at least 4 members (excludes halogenated alkanes) is 20. The fourth-order valence-corrected chi connectivity index (χ4v) is 8.58. The van der Waals surface area contributed by atoms with Crippen LogP contribution in [0.5, 0.6) is 0 Å². The Kier molecular flexibility index (Phi) is 48.0. The molecule has 0 spiro atoms. The molecule has 438 valence electrons. The molecule has 0 aromatic rings. The zero-order chi connectivity index (χ0) is 56.1. The molecule has 77 heavy (non-hydrogen) atoms. The largest absolute Gasteiger partial charge is 0.479 e. The Morgan fingerprint density at radius 1 is 0.442 bits per heavy atom. The molecule has 0 amide bonds. The summed E-state index contributed by atoms with van der Waals surface area (Å²) in [6.45, 7) is 5.71. The molecule has 1 fully saturated rings. The molecule has 0 radical (unpaired) electrons. The van der Waals surface area contributed by atoms with Crippen molar-refractivity contribution in [3.05, 3.63) is 97.2 Å². The SMILES string of the molecule is CC/C=C\C/C=C\C/C=C\C/C=C\C/C=C\CCCCCC(=O)OCC(COC1OC(C(=O)O)C(O)C(O)C1OC(=O)CCCCCCCCCCCCCCCCC)OC(=O)CCCCC/C=C\C/C=C\C/C=C\CC. The summed E-state index contributed by atoms with van der Waals surface area (Å²) in [6, 6.07) is 0. The molecular weight excluding hydrogens is 973 g/mol. The van der Waals surface area contributed by atoms with Crippen molar-refractivity contribution < 1.29 is 58.2 Å². The van der Waals surface area contributed by atoms with Crippen LogP contribution >= 0.6 is 0 Å². The standard InChI is InChI=1S/C65H106O12/c1-4-7-10-13-16-19-22-25-27-28-29-30-32-34-36-39-42-45-48-51-57(66)73-54-56(75-58(67)52-49-46-43-40-37-33-24-21-18-15-12-9-6-3)55-74-65-63(61(70)60(69)62(77-65)64(71)72)76-59(68)53-50-47-44-41-38-35-31-26-23-20-17-14-11-8-5-2/h7,9-10,12,16,18-19,21,25,27,29-30,33-34,36-37,56,60-63,65,69-70H,4-6,8,11,13-15,17,20,22-24,26,28,31-32,35,38-55H2,1-3H3,(H,71,72)/b10-7-,12-9-,19-16-,21-18-,27-25-,30-29-,36-34-,37-33-. The number of carboxylic acid groups (broad SMARTS) is 1. The molecule has 1 aliphatic rings. The minimum atomic E-state index is -1.91. The van der Waals surface area contributed by atoms with Crippen molar-refractivity contribution in [3.63, 3.8) is 0 Å². The number of aliphatic hydroxyl groups is 2. The molecule has 6 unspecified atom stereocenters. The first-order valence-electron chi connectivity index (χ1n) is 30.2. The Bertz CT molecular complexity index is 1710. The second-order valence-corrected chi connectivity index (χ2v) is 20.2. The number of allylic oxidation sites excluding steroid dienone is 16. The van der Waals surface area contributed by atoms with E-state index in [0.29, 0.717) is 19.3 Å². The van der Waals surface area contributed by atoms with E-state index >= 15 is 0 Å². The number of aliphatic hydroxyl groups excluding tert-OH is 2. The van der Waals surface area contributed by atoms with Crippen molar-refractivity contribution in [2.75, 3.05) is 13.2 Å². The first-order valence-corrected chi connectivity index (χ1v) is 30.2. The Hall–Kier alpha value is -4.36. The van der Waals surface area contributed by atoms with Gasteiger partial charge in [-0.1, -0.05) is 221 Å². The fraction of sp³-hybridized carbons (Fsp3) is 0.692. The zero-order valence-corrected chi connectivity index (χ0v) is 48.2. The highest BCUT2D eigenvalue weighted by atomic mass is 16.7. The molecule has 12 heteroatoms. The first kappa shape index (κ1) is 70.7. The van der Waals surface area contributed by atoms with Gasteiger partial charge >= 0.3 is 23.9 Å². The third kappa shape index (κ3) is 42.3. The van der Waals surface area contributed by atoms with Gasteiger partial charge in [-0.3, -0.25) is 14.4 Å². The summed E-state index contributed by atoms with van der Waals surface area (Å²) in [5, 5.41) is 31.5. The number of aliphatic carboxylic acids is 1. The van der Waals surface area contributed by atoms with Crippen molar-refractivity contribution >= 4 is 23.9 Å². The van der Waals surface area contributed by atoms with Gasteiger partial charge in [0, 0.05) is 19.3 Å². The lowest BCUT2D eigenvalue weighted by Gasteiger charge is -2.40. The van der Waals surface area contributed by atoms with Crippen LogP contribution in [0.1, 0.15) is 239 Å². The minimum Gasteiger partial charge on any atom is -0.479 e. The summed E-state index contributed by atoms with van der Waals surface area (Å²) in [7, 11) is 0. The van der Waals surface area contributed by atoms with Crippen LogP contribution in [0.25, 0.3) is 0 Å². The van der Waals surface area contributed by atoms with Crippen molar-refractivity contribution in [3.8, 4) is 0 Å². The maximum atomic E-state index is 13.1. The average Bonchev–Trinajstić information content (AvgIpc) is 3.42. The molecule has 1 heterocycles. The number of hydrogen-bond donors (Lipinski definition) is 3. The van der Waals surface area contributed by atoms with Gasteiger partial charge < -0.3 is 39.0 Å². The Morgan fingerprint density at radius 2 is 0.818 bits per heavy atom. The highest BCUT2D eigenvalue weighted by Gasteiger charge is 2.50. The summed E-state index contributed by atoms with van der Waals surface area (Å²) in [6.07, 6.45) is 56.6. The van der Waals surface area contributed by atoms with Crippen LogP contribution in [-0.4, -0.2) is 89.2 Å². The van der Waals surface area contributed by atoms with Gasteiger partial charge in [0.15, 0.2) is 24.6 Å². The van der Waals surface area contributed by atoms with E-state index in [9.17, 15) is 34.5 Å². The molecule has 1 aliphatic heterocycles. The number of carbonyl (C=O) groups excluding carboxylic acids is 3. The van der Waals surface area contributed by atoms with Crippen molar-refractivity contribution in [1.82, 2.24) is 0 Å². The first-order chi connectivity index (χ1) is 37.6. The smallest absolute Gasteiger partial charge is 0.335 e. The molecule has 6 atom stereocenters. The maximum Gasteiger partial charge on any atom is 0.335 e. The lowest BCUT2D eigenvalue weighted by atomic mass is 9.98. The summed E-state index contributed by atoms with van der Waals surface area (Å²) < 4.78 is 28.4. The van der Waals surface area contributed by atoms with E-state index in [1.165, 1.54) is 64.2 Å². The average molecular weight is 1080 g/mol. The topological polar surface area (TPSA) is 175 Å². The molecule has 1 saturated heterocycles. The van der Waals surface area contributed by atoms with Gasteiger partial charge in [0.2, 0.25) is 0 Å². The van der Waals surface area contributed by atoms with Gasteiger partial charge in [-0.05, 0) is 96.3 Å². The van der Waals surface area contributed by atoms with Crippen LogP contribution in [0.2, 0.25) is 0 Å². The molecule has 0 aromatic carbocycles. The monoisotopic (exact) mass is 1080 g/mol. The Balaban J connectivity index is 2.71. The number of ether oxygens (including phenoxy) is 5. The summed E-state index contributed by atoms with van der Waals surface area (Å²) in [5.41, 5.74) is 0. The van der Waals surface area contributed by atoms with Crippen molar-refractivity contribution in [2.24, 2.45) is 0 Å². The number of rotatable bonds is 50. The zero-order valence-electron chi connectivity index (χ0n) is 48.2. The van der Waals surface area contributed by atoms with Gasteiger partial charge in [-0.2, -0.15) is 0 Å². The molecule has 12 nitrogen and oxygen atoms in total. The summed E-state index contributed by atoms with van der Waals surface area (Å²) in [5.74, 6) is -3.20. The highest BCUT2D eigenvalue weighted by molar-refractivity contribution is 5.74. The third-order valence-corrected chi connectivity index (χ3v) is 13.2. The second-order valence-electron chi connectivity index (χ2n) is 20.2. The molecule has 0 bridgehead atoms. The van der Waals surface area contributed by atoms with Crippen molar-refractivity contribution in [1.29, 1.82) is 0 Å². The fourth-order valence-electron chi connectivity index (χ4n) is 8.58. The summed E-state index contributed by atoms with van der Waals surface area (Å²) in [4.78, 5) is 51.1. The predicted octanol–water partition coefficient (Wildman–Crippen LogP) is 15.7. The van der Waals surface area contributed by atoms with Gasteiger partial charge in [-0.25, -0.2) is 4.79 Å². The minimum absolute atomic E-state index is 0.0526. The third-order valence-electron chi connectivity index (χ3n) is 13.2. The lowest BCUT2D eigenvalue weighted by Crippen LogP contribution is -2.61. The summed E-state index contributed by atoms with van der Waals surface area (Å²) >= 11 is 0. The van der Waals surface area contributed by atoms with E-state index in [-0.39, 0.29) is 25.9 Å². The van der Waals surface area contributed by atoms with E-state index in [4.69, 9.17) is 23.7 Å². The normalized spacial score (nSPS) is 18.7. The van der Waals surface area contributed by atoms with Crippen LogP contribution < -0.4 is 0 Å². The van der Waals surface area contributed by atoms with E-state index in [2.05, 4.69) is 118 Å². The van der Waals surface area contributed by atoms with Crippen LogP contribution in [-0.2, 0) is 42.9 Å². The van der Waals surface area contributed by atoms with Crippen LogP contribution in [0.4, 0.5) is 0 Å². The van der Waals surface area contributed by atoms with Crippen molar-refractivity contribution in [2.45, 2.75) is 276 Å². The van der Waals surface area contributed by atoms with E-state index in [0.717, 1.165) is 116 Å².